The van der Waals surface area contributed by atoms with Crippen molar-refractivity contribution in [3.05, 3.63) is 30.4 Å². The average Bonchev–Trinajstić information content (AvgIpc) is 3.60. The molecule has 47 heavy (non-hydrogen) atoms. The van der Waals surface area contributed by atoms with Crippen LogP contribution in [0.25, 0.3) is 21.3 Å². The smallest absolute Gasteiger partial charge is 0.250 e. The van der Waals surface area contributed by atoms with Crippen molar-refractivity contribution in [2.75, 3.05) is 18.7 Å². The van der Waals surface area contributed by atoms with E-state index in [2.05, 4.69) is 67.7 Å². The first-order valence-electron chi connectivity index (χ1n) is 17.0. The summed E-state index contributed by atoms with van der Waals surface area (Å²) in [7, 11) is -2.54. The number of rotatable bonds is 12. The van der Waals surface area contributed by atoms with Gasteiger partial charge in [0.1, 0.15) is 19.1 Å². The van der Waals surface area contributed by atoms with E-state index in [0.717, 1.165) is 59.2 Å². The summed E-state index contributed by atoms with van der Waals surface area (Å²) in [6, 6.07) is 4.03. The second-order valence-corrected chi connectivity index (χ2v) is 26.7. The van der Waals surface area contributed by atoms with E-state index in [0.29, 0.717) is 17.6 Å². The maximum atomic E-state index is 13.2. The third-order valence-corrected chi connectivity index (χ3v) is 20.4. The van der Waals surface area contributed by atoms with Crippen molar-refractivity contribution < 1.29 is 23.1 Å². The van der Waals surface area contributed by atoms with Crippen LogP contribution in [0.5, 0.6) is 5.75 Å². The summed E-state index contributed by atoms with van der Waals surface area (Å²) >= 11 is 1.48. The van der Waals surface area contributed by atoms with E-state index in [1.54, 1.807) is 12.0 Å². The van der Waals surface area contributed by atoms with E-state index < -0.39 is 16.6 Å². The fourth-order valence-corrected chi connectivity index (χ4v) is 8.75. The number of aromatic nitrogens is 3. The lowest BCUT2D eigenvalue weighted by molar-refractivity contribution is -0.120. The van der Waals surface area contributed by atoms with Crippen molar-refractivity contribution in [2.45, 2.75) is 129 Å². The quantitative estimate of drug-likeness (QED) is 0.137. The van der Waals surface area contributed by atoms with Gasteiger partial charge in [-0.3, -0.25) is 9.69 Å². The number of fused-ring (bicyclic) bond motifs is 1. The SMILES string of the molecule is COCN(C(=O)C1CC1)c1nc2ccc(-c3cnc(CO[C@H]4CCC[C@@H]4O[Si](C)(C)C(C)(C)C)nc3)c(O[Si](C)(C)C(C)(C)C)c2s1. The number of benzene rings is 1. The normalized spacial score (nSPS) is 19.4. The Morgan fingerprint density at radius 2 is 1.57 bits per heavy atom. The van der Waals surface area contributed by atoms with Crippen LogP contribution in [0, 0.1) is 5.92 Å². The molecule has 2 aromatic heterocycles. The number of ether oxygens (including phenoxy) is 2. The number of hydrogen-bond donors (Lipinski definition) is 0. The summed E-state index contributed by atoms with van der Waals surface area (Å²) < 4.78 is 26.5. The van der Waals surface area contributed by atoms with Gasteiger partial charge in [-0.2, -0.15) is 0 Å². The molecule has 0 spiro atoms. The summed E-state index contributed by atoms with van der Waals surface area (Å²) in [4.78, 5) is 29.2. The molecule has 1 amide bonds. The van der Waals surface area contributed by atoms with Gasteiger partial charge in [-0.1, -0.05) is 52.9 Å². The molecule has 3 aromatic rings. The molecule has 0 unspecified atom stereocenters. The highest BCUT2D eigenvalue weighted by molar-refractivity contribution is 7.22. The van der Waals surface area contributed by atoms with Crippen LogP contribution in [0.1, 0.15) is 79.5 Å². The van der Waals surface area contributed by atoms with Gasteiger partial charge in [0.15, 0.2) is 19.3 Å². The van der Waals surface area contributed by atoms with Crippen LogP contribution in [0.3, 0.4) is 0 Å². The molecule has 0 N–H and O–H groups in total. The van der Waals surface area contributed by atoms with Crippen molar-refractivity contribution in [3.8, 4) is 16.9 Å². The molecule has 0 saturated heterocycles. The minimum absolute atomic E-state index is 0.0198. The van der Waals surface area contributed by atoms with Gasteiger partial charge in [0.2, 0.25) is 5.91 Å². The molecular weight excluding hydrogens is 645 g/mol. The molecule has 1 aromatic carbocycles. The van der Waals surface area contributed by atoms with E-state index >= 15 is 0 Å². The number of methoxy groups -OCH3 is 1. The molecule has 258 valence electrons. The molecule has 2 saturated carbocycles. The van der Waals surface area contributed by atoms with Crippen LogP contribution in [0.2, 0.25) is 36.3 Å². The predicted octanol–water partition coefficient (Wildman–Crippen LogP) is 8.94. The average molecular weight is 699 g/mol. The topological polar surface area (TPSA) is 95.9 Å². The Kier molecular flexibility index (Phi) is 10.4. The van der Waals surface area contributed by atoms with Crippen LogP contribution < -0.4 is 9.33 Å². The number of hydrogen-bond acceptors (Lipinski definition) is 9. The highest BCUT2D eigenvalue weighted by Crippen LogP contribution is 2.47. The minimum atomic E-state index is -2.26. The first-order valence-corrected chi connectivity index (χ1v) is 23.6. The lowest BCUT2D eigenvalue weighted by atomic mass is 10.1. The maximum Gasteiger partial charge on any atom is 0.250 e. The molecule has 12 heteroatoms. The summed E-state index contributed by atoms with van der Waals surface area (Å²) in [6.07, 6.45) is 8.88. The molecule has 2 atom stereocenters. The van der Waals surface area contributed by atoms with Gasteiger partial charge in [0.25, 0.3) is 8.32 Å². The fraction of sp³-hybridized carbons (Fsp3) is 0.657. The molecular formula is C35H54N4O5SSi2. The fourth-order valence-electron chi connectivity index (χ4n) is 5.22. The Morgan fingerprint density at radius 3 is 2.17 bits per heavy atom. The zero-order valence-corrected chi connectivity index (χ0v) is 33.0. The van der Waals surface area contributed by atoms with Crippen LogP contribution in [0.15, 0.2) is 24.5 Å². The number of nitrogens with zero attached hydrogens (tertiary/aromatic N) is 4. The van der Waals surface area contributed by atoms with Crippen LogP contribution in [0.4, 0.5) is 5.13 Å². The van der Waals surface area contributed by atoms with Gasteiger partial charge in [-0.15, -0.1) is 0 Å². The van der Waals surface area contributed by atoms with Gasteiger partial charge in [0, 0.05) is 36.5 Å². The van der Waals surface area contributed by atoms with Crippen LogP contribution >= 0.6 is 11.3 Å². The Labute approximate surface area is 287 Å². The summed E-state index contributed by atoms with van der Waals surface area (Å²) in [5.41, 5.74) is 2.57. The van der Waals surface area contributed by atoms with Gasteiger partial charge >= 0.3 is 0 Å². The standard InChI is InChI=1S/C35H54N4O5SSi2/c1-34(2,3)46(8,9)43-28-14-12-13-27(28)42-21-29-36-19-24(20-37-29)25-17-18-26-31(30(25)44-47(10,11)35(4,5)6)45-33(38-26)39(22-41-7)32(40)23-15-16-23/h17-20,23,27-28H,12-16,21-22H2,1-11H3/t27-,28-/m0/s1. The molecule has 0 aliphatic heterocycles. The molecule has 2 aliphatic carbocycles. The van der Waals surface area contributed by atoms with E-state index in [4.69, 9.17) is 33.3 Å². The number of carbonyl (C=O) groups excluding carboxylic acids is 1. The molecule has 2 fully saturated rings. The van der Waals surface area contributed by atoms with Gasteiger partial charge in [0.05, 0.1) is 22.4 Å². The number of thiazole rings is 1. The van der Waals surface area contributed by atoms with Crippen molar-refractivity contribution in [2.24, 2.45) is 5.92 Å². The number of anilines is 1. The van der Waals surface area contributed by atoms with Crippen LogP contribution in [-0.4, -0.2) is 63.5 Å². The molecule has 2 aliphatic rings. The predicted molar refractivity (Wildman–Crippen MR) is 195 cm³/mol. The second kappa shape index (κ2) is 13.6. The minimum Gasteiger partial charge on any atom is -0.542 e. The highest BCUT2D eigenvalue weighted by atomic mass is 32.1. The van der Waals surface area contributed by atoms with Gasteiger partial charge in [-0.05, 0) is 80.5 Å². The van der Waals surface area contributed by atoms with Crippen LogP contribution in [-0.2, 0) is 25.3 Å². The summed E-state index contributed by atoms with van der Waals surface area (Å²) in [5, 5.41) is 0.768. The Balaban J connectivity index is 1.41. The lowest BCUT2D eigenvalue weighted by Gasteiger charge is -2.39. The van der Waals surface area contributed by atoms with E-state index in [1.807, 2.05) is 24.5 Å². The summed E-state index contributed by atoms with van der Waals surface area (Å²) in [5.74, 6) is 1.55. The molecule has 5 rings (SSSR count). The monoisotopic (exact) mass is 698 g/mol. The largest absolute Gasteiger partial charge is 0.542 e. The molecule has 0 radical (unpaired) electrons. The van der Waals surface area contributed by atoms with E-state index in [-0.39, 0.29) is 40.8 Å². The van der Waals surface area contributed by atoms with E-state index in [1.165, 1.54) is 11.3 Å². The van der Waals surface area contributed by atoms with Crippen molar-refractivity contribution in [3.63, 3.8) is 0 Å². The Hall–Kier alpha value is -2.23. The van der Waals surface area contributed by atoms with Crippen molar-refractivity contribution in [1.29, 1.82) is 0 Å². The number of amides is 1. The zero-order chi connectivity index (χ0) is 34.4. The third kappa shape index (κ3) is 7.99. The number of carbonyl (C=O) groups is 1. The first kappa shape index (κ1) is 36.1. The lowest BCUT2D eigenvalue weighted by Crippen LogP contribution is -2.46. The van der Waals surface area contributed by atoms with E-state index in [9.17, 15) is 4.79 Å². The second-order valence-electron chi connectivity index (χ2n) is 16.2. The van der Waals surface area contributed by atoms with Crippen molar-refractivity contribution >= 4 is 49.2 Å². The van der Waals surface area contributed by atoms with Gasteiger partial charge in [-0.25, -0.2) is 15.0 Å². The summed E-state index contributed by atoms with van der Waals surface area (Å²) in [6.45, 7) is 23.1. The molecule has 0 bridgehead atoms. The van der Waals surface area contributed by atoms with Gasteiger partial charge < -0.3 is 18.3 Å². The maximum absolute atomic E-state index is 13.2. The Bertz CT molecular complexity index is 1560. The zero-order valence-electron chi connectivity index (χ0n) is 30.2. The van der Waals surface area contributed by atoms with Crippen molar-refractivity contribution in [1.82, 2.24) is 15.0 Å². The molecule has 9 nitrogen and oxygen atoms in total. The Morgan fingerprint density at radius 1 is 0.936 bits per heavy atom. The third-order valence-electron chi connectivity index (χ3n) is 10.4. The first-order chi connectivity index (χ1) is 21.9. The molecule has 2 heterocycles. The highest BCUT2D eigenvalue weighted by Gasteiger charge is 2.43.